The van der Waals surface area contributed by atoms with Crippen LogP contribution in [-0.2, 0) is 10.9 Å². The number of hydrogen-bond acceptors (Lipinski definition) is 4. The molecule has 1 aromatic rings. The van der Waals surface area contributed by atoms with Crippen LogP contribution in [0.4, 0.5) is 19.0 Å². The number of ether oxygens (including phenoxy) is 1. The molecule has 8 heteroatoms. The van der Waals surface area contributed by atoms with Crippen molar-refractivity contribution in [3.05, 3.63) is 17.0 Å². The highest BCUT2D eigenvalue weighted by Gasteiger charge is 2.36. The third kappa shape index (κ3) is 3.73. The van der Waals surface area contributed by atoms with Crippen molar-refractivity contribution in [3.63, 3.8) is 0 Å². The van der Waals surface area contributed by atoms with Gasteiger partial charge in [-0.3, -0.25) is 0 Å². The summed E-state index contributed by atoms with van der Waals surface area (Å²) in [4.78, 5) is 8.51. The smallest absolute Gasteiger partial charge is 0.376 e. The van der Waals surface area contributed by atoms with Gasteiger partial charge in [0.25, 0.3) is 0 Å². The Hall–Kier alpha value is -1.08. The van der Waals surface area contributed by atoms with E-state index in [9.17, 15) is 13.2 Å². The summed E-state index contributed by atoms with van der Waals surface area (Å²) >= 11 is 5.66. The van der Waals surface area contributed by atoms with Crippen molar-refractivity contribution in [2.45, 2.75) is 32.0 Å². The summed E-state index contributed by atoms with van der Waals surface area (Å²) in [6.45, 7) is 3.56. The van der Waals surface area contributed by atoms with E-state index in [1.165, 1.54) is 6.07 Å². The zero-order valence-corrected chi connectivity index (χ0v) is 11.7. The average molecular weight is 310 g/mol. The fourth-order valence-corrected chi connectivity index (χ4v) is 2.29. The first kappa shape index (κ1) is 15.3. The van der Waals surface area contributed by atoms with Crippen LogP contribution in [-0.4, -0.2) is 35.8 Å². The molecule has 1 atom stereocenters. The zero-order chi connectivity index (χ0) is 14.8. The van der Waals surface area contributed by atoms with Crippen LogP contribution in [0.5, 0.6) is 0 Å². The largest absolute Gasteiger partial charge is 0.451 e. The quantitative estimate of drug-likeness (QED) is 0.801. The first-order chi connectivity index (χ1) is 9.40. The van der Waals surface area contributed by atoms with Crippen LogP contribution in [0.15, 0.2) is 6.07 Å². The monoisotopic (exact) mass is 309 g/mol. The van der Waals surface area contributed by atoms with Crippen LogP contribution in [0.1, 0.15) is 25.6 Å². The molecule has 2 heterocycles. The first-order valence-corrected chi connectivity index (χ1v) is 6.76. The molecule has 1 saturated heterocycles. The summed E-state index contributed by atoms with van der Waals surface area (Å²) in [5, 5.41) is -0.215. The summed E-state index contributed by atoms with van der Waals surface area (Å²) in [6.07, 6.45) is -2.71. The molecule has 1 aliphatic rings. The highest BCUT2D eigenvalue weighted by molar-refractivity contribution is 6.29. The van der Waals surface area contributed by atoms with E-state index in [0.717, 1.165) is 12.8 Å². The van der Waals surface area contributed by atoms with Gasteiger partial charge in [-0.05, 0) is 19.8 Å². The molecule has 20 heavy (non-hydrogen) atoms. The summed E-state index contributed by atoms with van der Waals surface area (Å²) < 4.78 is 43.6. The van der Waals surface area contributed by atoms with E-state index >= 15 is 0 Å². The number of aromatic nitrogens is 2. The second-order valence-electron chi connectivity index (χ2n) is 4.54. The molecule has 1 unspecified atom stereocenters. The van der Waals surface area contributed by atoms with E-state index in [-0.39, 0.29) is 17.1 Å². The molecule has 0 amide bonds. The Bertz CT molecular complexity index is 464. The number of likely N-dealkylation sites (N-methyl/N-ethyl adjacent to an activating group) is 1. The average Bonchev–Trinajstić information content (AvgIpc) is 2.87. The van der Waals surface area contributed by atoms with Gasteiger partial charge < -0.3 is 9.64 Å². The van der Waals surface area contributed by atoms with Crippen molar-refractivity contribution in [2.75, 3.05) is 24.6 Å². The fraction of sp³-hybridized carbons (Fsp3) is 0.667. The Morgan fingerprint density at radius 3 is 2.75 bits per heavy atom. The lowest BCUT2D eigenvalue weighted by molar-refractivity contribution is -0.144. The van der Waals surface area contributed by atoms with Gasteiger partial charge in [0.05, 0.1) is 6.10 Å². The number of nitrogens with zero attached hydrogens (tertiary/aromatic N) is 3. The Kier molecular flexibility index (Phi) is 4.70. The van der Waals surface area contributed by atoms with E-state index in [1.54, 1.807) is 4.90 Å². The molecule has 2 rings (SSSR count). The lowest BCUT2D eigenvalue weighted by Gasteiger charge is -2.25. The minimum absolute atomic E-state index is 0.0260. The van der Waals surface area contributed by atoms with Gasteiger partial charge in [-0.2, -0.15) is 13.2 Å². The molecule has 1 fully saturated rings. The van der Waals surface area contributed by atoms with Crippen molar-refractivity contribution in [1.82, 2.24) is 9.97 Å². The SMILES string of the molecule is CCN(CC1CCCO1)c1cc(Cl)nc(C(F)(F)F)n1. The van der Waals surface area contributed by atoms with Crippen LogP contribution in [0.2, 0.25) is 5.15 Å². The van der Waals surface area contributed by atoms with Crippen molar-refractivity contribution in [2.24, 2.45) is 0 Å². The lowest BCUT2D eigenvalue weighted by atomic mass is 10.2. The molecule has 0 aliphatic carbocycles. The highest BCUT2D eigenvalue weighted by atomic mass is 35.5. The van der Waals surface area contributed by atoms with Crippen LogP contribution in [0.25, 0.3) is 0 Å². The van der Waals surface area contributed by atoms with Crippen molar-refractivity contribution in [3.8, 4) is 0 Å². The Balaban J connectivity index is 2.22. The third-order valence-corrected chi connectivity index (χ3v) is 3.28. The van der Waals surface area contributed by atoms with Gasteiger partial charge in [-0.1, -0.05) is 11.6 Å². The number of anilines is 1. The van der Waals surface area contributed by atoms with Gasteiger partial charge >= 0.3 is 6.18 Å². The second kappa shape index (κ2) is 6.13. The van der Waals surface area contributed by atoms with Crippen LogP contribution < -0.4 is 4.90 Å². The second-order valence-corrected chi connectivity index (χ2v) is 4.93. The van der Waals surface area contributed by atoms with Crippen molar-refractivity contribution in [1.29, 1.82) is 0 Å². The van der Waals surface area contributed by atoms with Crippen LogP contribution in [0, 0.1) is 0 Å². The molecule has 0 radical (unpaired) electrons. The van der Waals surface area contributed by atoms with Crippen molar-refractivity contribution < 1.29 is 17.9 Å². The summed E-state index contributed by atoms with van der Waals surface area (Å²) in [6, 6.07) is 1.34. The van der Waals surface area contributed by atoms with Crippen molar-refractivity contribution >= 4 is 17.4 Å². The molecule has 1 aromatic heterocycles. The van der Waals surface area contributed by atoms with Gasteiger partial charge in [0, 0.05) is 25.8 Å². The maximum atomic E-state index is 12.7. The topological polar surface area (TPSA) is 38.2 Å². The van der Waals surface area contributed by atoms with E-state index in [4.69, 9.17) is 16.3 Å². The van der Waals surface area contributed by atoms with Crippen LogP contribution in [0.3, 0.4) is 0 Å². The predicted molar refractivity (Wildman–Crippen MR) is 68.9 cm³/mol. The third-order valence-electron chi connectivity index (χ3n) is 3.09. The number of rotatable bonds is 4. The number of alkyl halides is 3. The highest BCUT2D eigenvalue weighted by Crippen LogP contribution is 2.29. The Labute approximate surface area is 119 Å². The van der Waals surface area contributed by atoms with Gasteiger partial charge in [0.15, 0.2) is 0 Å². The summed E-state index contributed by atoms with van der Waals surface area (Å²) in [5.41, 5.74) is 0. The standard InChI is InChI=1S/C12H15ClF3N3O/c1-2-19(7-8-4-3-5-20-8)10-6-9(13)17-11(18-10)12(14,15)16/h6,8H,2-5,7H2,1H3. The molecule has 0 aromatic carbocycles. The van der Waals surface area contributed by atoms with E-state index in [2.05, 4.69) is 9.97 Å². The molecule has 1 aliphatic heterocycles. The Morgan fingerprint density at radius 1 is 1.45 bits per heavy atom. The van der Waals surface area contributed by atoms with Gasteiger partial charge in [-0.25, -0.2) is 9.97 Å². The minimum Gasteiger partial charge on any atom is -0.376 e. The number of hydrogen-bond donors (Lipinski definition) is 0. The Morgan fingerprint density at radius 2 is 2.20 bits per heavy atom. The fourth-order valence-electron chi connectivity index (χ4n) is 2.11. The minimum atomic E-state index is -4.61. The molecule has 0 bridgehead atoms. The maximum absolute atomic E-state index is 12.7. The predicted octanol–water partition coefficient (Wildman–Crippen LogP) is 3.15. The summed E-state index contributed by atoms with van der Waals surface area (Å²) in [7, 11) is 0. The molecule has 0 spiro atoms. The molecule has 4 nitrogen and oxygen atoms in total. The van der Waals surface area contributed by atoms with Gasteiger partial charge in [0.2, 0.25) is 5.82 Å². The molecule has 112 valence electrons. The van der Waals surface area contributed by atoms with E-state index in [1.807, 2.05) is 6.92 Å². The molecule has 0 saturated carbocycles. The van der Waals surface area contributed by atoms with E-state index in [0.29, 0.717) is 19.7 Å². The van der Waals surface area contributed by atoms with Gasteiger partial charge in [0.1, 0.15) is 11.0 Å². The zero-order valence-electron chi connectivity index (χ0n) is 11.0. The van der Waals surface area contributed by atoms with E-state index < -0.39 is 12.0 Å². The normalized spacial score (nSPS) is 19.4. The molecular weight excluding hydrogens is 295 g/mol. The maximum Gasteiger partial charge on any atom is 0.451 e. The van der Waals surface area contributed by atoms with Crippen LogP contribution >= 0.6 is 11.6 Å². The first-order valence-electron chi connectivity index (χ1n) is 6.38. The molecular formula is C12H15ClF3N3O. The number of halogens is 4. The molecule has 0 N–H and O–H groups in total. The summed E-state index contributed by atoms with van der Waals surface area (Å²) in [5.74, 6) is -1.04. The lowest BCUT2D eigenvalue weighted by Crippen LogP contribution is -2.33. The van der Waals surface area contributed by atoms with Gasteiger partial charge in [-0.15, -0.1) is 0 Å².